The molecule has 9 nitrogen and oxygen atoms in total. The highest BCUT2D eigenvalue weighted by atomic mass is 19.1. The number of rotatable bonds is 10. The summed E-state index contributed by atoms with van der Waals surface area (Å²) in [6.07, 6.45) is 0.594. The highest BCUT2D eigenvalue weighted by Crippen LogP contribution is 2.37. The summed E-state index contributed by atoms with van der Waals surface area (Å²) in [4.78, 5) is 31.2. The van der Waals surface area contributed by atoms with Gasteiger partial charge in [0.1, 0.15) is 23.9 Å². The van der Waals surface area contributed by atoms with Crippen molar-refractivity contribution in [3.8, 4) is 11.5 Å². The topological polar surface area (TPSA) is 83.9 Å². The van der Waals surface area contributed by atoms with Gasteiger partial charge in [-0.2, -0.15) is 5.10 Å². The summed E-state index contributed by atoms with van der Waals surface area (Å²) in [5, 5.41) is 6.04. The van der Waals surface area contributed by atoms with E-state index in [1.54, 1.807) is 49.5 Å². The average Bonchev–Trinajstić information content (AvgIpc) is 3.39. The van der Waals surface area contributed by atoms with E-state index in [9.17, 15) is 9.59 Å². The number of carbonyl (C=O) groups is 2. The number of hydrogen-bond donors (Lipinski definition) is 0. The lowest BCUT2D eigenvalue weighted by Crippen LogP contribution is -2.47. The third kappa shape index (κ3) is 7.83. The number of methoxy groups -OCH3 is 2. The Labute approximate surface area is 241 Å². The van der Waals surface area contributed by atoms with E-state index < -0.39 is 11.9 Å². The minimum atomic E-state index is -0.663. The number of nitrogens with zero attached hydrogens (tertiary/aromatic N) is 4. The van der Waals surface area contributed by atoms with Gasteiger partial charge in [0.15, 0.2) is 0 Å². The van der Waals surface area contributed by atoms with Crippen LogP contribution in [0.25, 0.3) is 0 Å². The van der Waals surface area contributed by atoms with Crippen LogP contribution < -0.4 is 9.47 Å². The van der Waals surface area contributed by atoms with Crippen LogP contribution in [0.15, 0.2) is 47.6 Å². The van der Waals surface area contributed by atoms with E-state index in [2.05, 4.69) is 4.90 Å². The van der Waals surface area contributed by atoms with Gasteiger partial charge < -0.3 is 19.1 Å². The molecule has 2 aliphatic rings. The predicted octanol–water partition coefficient (Wildman–Crippen LogP) is 4.12. The summed E-state index contributed by atoms with van der Waals surface area (Å²) in [5.74, 6) is 0.279. The lowest BCUT2D eigenvalue weighted by Gasteiger charge is -2.32. The van der Waals surface area contributed by atoms with Crippen molar-refractivity contribution >= 4 is 17.5 Å². The molecule has 0 radical (unpaired) electrons. The molecular formula is C31H41FN4O5. The van der Waals surface area contributed by atoms with Gasteiger partial charge in [0, 0.05) is 56.2 Å². The largest absolute Gasteiger partial charge is 0.497 e. The van der Waals surface area contributed by atoms with Gasteiger partial charge in [0.05, 0.1) is 39.2 Å². The van der Waals surface area contributed by atoms with Gasteiger partial charge in [-0.05, 0) is 23.6 Å². The van der Waals surface area contributed by atoms with Gasteiger partial charge in [-0.3, -0.25) is 14.5 Å². The number of amides is 2. The Morgan fingerprint density at radius 3 is 2.49 bits per heavy atom. The molecule has 1 fully saturated rings. The first-order valence-corrected chi connectivity index (χ1v) is 14.0. The highest BCUT2D eigenvalue weighted by Gasteiger charge is 2.37. The molecule has 0 bridgehead atoms. The van der Waals surface area contributed by atoms with Crippen LogP contribution in [0, 0.1) is 11.2 Å². The molecule has 0 aliphatic carbocycles. The summed E-state index contributed by atoms with van der Waals surface area (Å²) >= 11 is 0. The fraction of sp³-hybridized carbons (Fsp3) is 0.516. The van der Waals surface area contributed by atoms with E-state index in [0.717, 1.165) is 13.1 Å². The number of hydrazone groups is 1. The maximum atomic E-state index is 15.0. The minimum absolute atomic E-state index is 0.0956. The van der Waals surface area contributed by atoms with Gasteiger partial charge in [-0.25, -0.2) is 9.40 Å². The zero-order valence-corrected chi connectivity index (χ0v) is 24.7. The van der Waals surface area contributed by atoms with E-state index in [1.807, 2.05) is 26.8 Å². The zero-order chi connectivity index (χ0) is 29.6. The minimum Gasteiger partial charge on any atom is -0.497 e. The second-order valence-electron chi connectivity index (χ2n) is 11.6. The summed E-state index contributed by atoms with van der Waals surface area (Å²) < 4.78 is 31.4. The normalized spacial score (nSPS) is 17.8. The van der Waals surface area contributed by atoms with Gasteiger partial charge >= 0.3 is 0 Å². The van der Waals surface area contributed by atoms with Crippen LogP contribution in [-0.4, -0.2) is 92.5 Å². The van der Waals surface area contributed by atoms with Crippen molar-refractivity contribution in [2.75, 3.05) is 60.2 Å². The van der Waals surface area contributed by atoms with Gasteiger partial charge in [-0.1, -0.05) is 39.0 Å². The standard InChI is InChI=1S/C31H41FN4O5/c1-31(2,3)20-29(37)35(13-12-34-14-16-41-17-15-34)21-30(38)36-27(23-8-6-7-9-25(23)32)19-26(33-36)24-11-10-22(39-4)18-28(24)40-5/h6-11,18,27H,12-17,19-21H2,1-5H3/t27-/m1/s1. The second kappa shape index (κ2) is 13.4. The number of benzene rings is 2. The first-order valence-electron chi connectivity index (χ1n) is 14.0. The fourth-order valence-corrected chi connectivity index (χ4v) is 5.11. The zero-order valence-electron chi connectivity index (χ0n) is 24.7. The van der Waals surface area contributed by atoms with Crippen molar-refractivity contribution < 1.29 is 28.2 Å². The Balaban J connectivity index is 1.63. The smallest absolute Gasteiger partial charge is 0.262 e. The molecular weight excluding hydrogens is 527 g/mol. The Kier molecular flexibility index (Phi) is 9.99. The monoisotopic (exact) mass is 568 g/mol. The molecule has 1 saturated heterocycles. The lowest BCUT2D eigenvalue weighted by molar-refractivity contribution is -0.142. The van der Waals surface area contributed by atoms with Crippen LogP contribution in [0.3, 0.4) is 0 Å². The van der Waals surface area contributed by atoms with E-state index in [-0.39, 0.29) is 23.8 Å². The van der Waals surface area contributed by atoms with Crippen molar-refractivity contribution in [2.24, 2.45) is 10.5 Å². The van der Waals surface area contributed by atoms with Crippen molar-refractivity contribution in [3.05, 3.63) is 59.4 Å². The second-order valence-corrected chi connectivity index (χ2v) is 11.6. The van der Waals surface area contributed by atoms with Crippen LogP contribution in [0.5, 0.6) is 11.5 Å². The molecule has 2 heterocycles. The molecule has 41 heavy (non-hydrogen) atoms. The van der Waals surface area contributed by atoms with Crippen molar-refractivity contribution in [2.45, 2.75) is 39.7 Å². The Hall–Kier alpha value is -3.50. The molecule has 2 aliphatic heterocycles. The van der Waals surface area contributed by atoms with Crippen LogP contribution in [0.4, 0.5) is 4.39 Å². The van der Waals surface area contributed by atoms with Crippen LogP contribution in [0.1, 0.15) is 50.8 Å². The van der Waals surface area contributed by atoms with Crippen LogP contribution in [-0.2, 0) is 14.3 Å². The molecule has 10 heteroatoms. The maximum absolute atomic E-state index is 15.0. The number of carbonyl (C=O) groups excluding carboxylic acids is 2. The molecule has 0 unspecified atom stereocenters. The lowest BCUT2D eigenvalue weighted by atomic mass is 9.91. The van der Waals surface area contributed by atoms with Crippen molar-refractivity contribution in [1.82, 2.24) is 14.8 Å². The van der Waals surface area contributed by atoms with Crippen molar-refractivity contribution in [1.29, 1.82) is 0 Å². The van der Waals surface area contributed by atoms with E-state index >= 15 is 4.39 Å². The summed E-state index contributed by atoms with van der Waals surface area (Å²) in [7, 11) is 3.13. The third-order valence-corrected chi connectivity index (χ3v) is 7.30. The predicted molar refractivity (Wildman–Crippen MR) is 155 cm³/mol. The first kappa shape index (κ1) is 30.5. The maximum Gasteiger partial charge on any atom is 0.262 e. The van der Waals surface area contributed by atoms with Crippen molar-refractivity contribution in [3.63, 3.8) is 0 Å². The average molecular weight is 569 g/mol. The molecule has 222 valence electrons. The Bertz CT molecular complexity index is 1260. The molecule has 0 saturated carbocycles. The van der Waals surface area contributed by atoms with E-state index in [4.69, 9.17) is 19.3 Å². The molecule has 4 rings (SSSR count). The molecule has 0 spiro atoms. The van der Waals surface area contributed by atoms with Gasteiger partial charge in [0.2, 0.25) is 5.91 Å². The van der Waals surface area contributed by atoms with Gasteiger partial charge in [-0.15, -0.1) is 0 Å². The Morgan fingerprint density at radius 1 is 1.10 bits per heavy atom. The SMILES string of the molecule is COc1ccc(C2=NN(C(=O)CN(CCN3CCOCC3)C(=O)CC(C)(C)C)[C@@H](c3ccccc3F)C2)c(OC)c1. The first-order chi connectivity index (χ1) is 19.6. The molecule has 0 aromatic heterocycles. The van der Waals surface area contributed by atoms with E-state index in [0.29, 0.717) is 67.5 Å². The summed E-state index contributed by atoms with van der Waals surface area (Å²) in [6, 6.07) is 11.1. The molecule has 1 atom stereocenters. The quantitative estimate of drug-likeness (QED) is 0.429. The molecule has 0 N–H and O–H groups in total. The van der Waals surface area contributed by atoms with E-state index in [1.165, 1.54) is 11.1 Å². The fourth-order valence-electron chi connectivity index (χ4n) is 5.11. The number of hydrogen-bond acceptors (Lipinski definition) is 7. The van der Waals surface area contributed by atoms with Crippen LogP contribution in [0.2, 0.25) is 0 Å². The Morgan fingerprint density at radius 2 is 1.83 bits per heavy atom. The molecule has 2 aromatic rings. The summed E-state index contributed by atoms with van der Waals surface area (Å²) in [6.45, 7) is 9.77. The molecule has 2 amide bonds. The van der Waals surface area contributed by atoms with Gasteiger partial charge in [0.25, 0.3) is 5.91 Å². The third-order valence-electron chi connectivity index (χ3n) is 7.30. The number of halogens is 1. The highest BCUT2D eigenvalue weighted by molar-refractivity contribution is 6.05. The summed E-state index contributed by atoms with van der Waals surface area (Å²) in [5.41, 5.74) is 1.41. The number of ether oxygens (including phenoxy) is 3. The molecule has 2 aromatic carbocycles. The van der Waals surface area contributed by atoms with Crippen LogP contribution >= 0.6 is 0 Å². The number of morpholine rings is 1.